The van der Waals surface area contributed by atoms with E-state index in [1.807, 2.05) is 69.2 Å². The Hall–Kier alpha value is -3.12. The summed E-state index contributed by atoms with van der Waals surface area (Å²) in [6, 6.07) is 10.9. The van der Waals surface area contributed by atoms with Crippen molar-refractivity contribution in [1.82, 2.24) is 9.80 Å². The van der Waals surface area contributed by atoms with Crippen molar-refractivity contribution in [2.75, 3.05) is 33.8 Å². The lowest BCUT2D eigenvalue weighted by Crippen LogP contribution is -2.35. The van der Waals surface area contributed by atoms with Crippen LogP contribution in [0.25, 0.3) is 11.0 Å². The fourth-order valence-electron chi connectivity index (χ4n) is 4.13. The van der Waals surface area contributed by atoms with Gasteiger partial charge < -0.3 is 19.0 Å². The third-order valence-electron chi connectivity index (χ3n) is 6.04. The van der Waals surface area contributed by atoms with E-state index in [0.717, 1.165) is 28.9 Å². The first-order valence-electron chi connectivity index (χ1n) is 11.1. The number of hydrogen-bond donors (Lipinski definition) is 0. The van der Waals surface area contributed by atoms with E-state index in [1.165, 1.54) is 0 Å². The molecule has 0 N–H and O–H groups in total. The van der Waals surface area contributed by atoms with Gasteiger partial charge in [-0.15, -0.1) is 0 Å². The first-order valence-corrected chi connectivity index (χ1v) is 11.1. The molecule has 1 aliphatic rings. The maximum absolute atomic E-state index is 13.6. The lowest BCUT2D eigenvalue weighted by atomic mass is 9.97. The standard InChI is InChI=1S/C26H30N2O4/c1-6-13-31-19-9-7-18(8-10-19)23-22-24(29)20-14-16(2)17(3)15-21(20)32-25(22)26(30)28(23)12-11-27(4)5/h7-10,14-15,23H,6,11-13H2,1-5H3/t23-/m1/s1. The summed E-state index contributed by atoms with van der Waals surface area (Å²) in [6.07, 6.45) is 0.928. The second-order valence-electron chi connectivity index (χ2n) is 8.73. The SMILES string of the molecule is CCCOc1ccc([C@@H]2c3c(oc4cc(C)c(C)cc4c3=O)C(=O)N2CCN(C)C)cc1. The number of aryl methyl sites for hydroxylation is 2. The molecule has 32 heavy (non-hydrogen) atoms. The van der Waals surface area contributed by atoms with Crippen LogP contribution in [-0.2, 0) is 0 Å². The molecule has 2 aromatic carbocycles. The summed E-state index contributed by atoms with van der Waals surface area (Å²) in [5.74, 6) is 0.688. The average Bonchev–Trinajstić information content (AvgIpc) is 3.04. The molecule has 6 heteroatoms. The van der Waals surface area contributed by atoms with E-state index in [-0.39, 0.29) is 17.1 Å². The van der Waals surface area contributed by atoms with Gasteiger partial charge >= 0.3 is 0 Å². The highest BCUT2D eigenvalue weighted by Crippen LogP contribution is 2.38. The van der Waals surface area contributed by atoms with E-state index in [0.29, 0.717) is 36.2 Å². The van der Waals surface area contributed by atoms with Crippen molar-refractivity contribution in [3.63, 3.8) is 0 Å². The number of benzene rings is 2. The van der Waals surface area contributed by atoms with Crippen LogP contribution in [0.1, 0.15) is 52.2 Å². The van der Waals surface area contributed by atoms with E-state index >= 15 is 0 Å². The molecule has 0 radical (unpaired) electrons. The average molecular weight is 435 g/mol. The molecule has 1 aromatic heterocycles. The van der Waals surface area contributed by atoms with Gasteiger partial charge in [0.05, 0.1) is 23.6 Å². The van der Waals surface area contributed by atoms with Crippen LogP contribution >= 0.6 is 0 Å². The fraction of sp³-hybridized carbons (Fsp3) is 0.385. The zero-order valence-electron chi connectivity index (χ0n) is 19.4. The van der Waals surface area contributed by atoms with E-state index in [9.17, 15) is 9.59 Å². The molecular weight excluding hydrogens is 404 g/mol. The zero-order valence-corrected chi connectivity index (χ0v) is 19.4. The lowest BCUT2D eigenvalue weighted by Gasteiger charge is -2.26. The summed E-state index contributed by atoms with van der Waals surface area (Å²) in [6.45, 7) is 7.82. The van der Waals surface area contributed by atoms with Crippen molar-refractivity contribution in [3.8, 4) is 5.75 Å². The number of amides is 1. The Bertz CT molecular complexity index is 1210. The molecule has 0 saturated carbocycles. The Balaban J connectivity index is 1.86. The minimum absolute atomic E-state index is 0.138. The predicted molar refractivity (Wildman–Crippen MR) is 126 cm³/mol. The Morgan fingerprint density at radius 3 is 2.41 bits per heavy atom. The number of ether oxygens (including phenoxy) is 1. The number of rotatable bonds is 7. The molecule has 0 bridgehead atoms. The number of likely N-dealkylation sites (N-methyl/N-ethyl adjacent to an activating group) is 1. The normalized spacial score (nSPS) is 15.6. The molecule has 1 amide bonds. The third kappa shape index (κ3) is 3.91. The Kier molecular flexibility index (Phi) is 6.07. The van der Waals surface area contributed by atoms with E-state index in [2.05, 4.69) is 6.92 Å². The molecule has 6 nitrogen and oxygen atoms in total. The van der Waals surface area contributed by atoms with Crippen molar-refractivity contribution >= 4 is 16.9 Å². The first-order chi connectivity index (χ1) is 15.3. The lowest BCUT2D eigenvalue weighted by molar-refractivity contribution is 0.0716. The quantitative estimate of drug-likeness (QED) is 0.555. The molecule has 0 saturated heterocycles. The van der Waals surface area contributed by atoms with Crippen molar-refractivity contribution in [2.24, 2.45) is 0 Å². The number of nitrogens with zero attached hydrogens (tertiary/aromatic N) is 2. The first kappa shape index (κ1) is 22.1. The van der Waals surface area contributed by atoms with Gasteiger partial charge in [0.15, 0.2) is 5.43 Å². The van der Waals surface area contributed by atoms with E-state index < -0.39 is 6.04 Å². The molecule has 0 unspecified atom stereocenters. The highest BCUT2D eigenvalue weighted by atomic mass is 16.5. The van der Waals surface area contributed by atoms with Gasteiger partial charge in [-0.1, -0.05) is 19.1 Å². The maximum atomic E-state index is 13.6. The van der Waals surface area contributed by atoms with E-state index in [4.69, 9.17) is 9.15 Å². The zero-order chi connectivity index (χ0) is 23.0. The van der Waals surface area contributed by atoms with E-state index in [1.54, 1.807) is 4.90 Å². The van der Waals surface area contributed by atoms with Crippen LogP contribution in [0, 0.1) is 13.8 Å². The monoisotopic (exact) mass is 434 g/mol. The minimum atomic E-state index is -0.486. The smallest absolute Gasteiger partial charge is 0.290 e. The fourth-order valence-corrected chi connectivity index (χ4v) is 4.13. The third-order valence-corrected chi connectivity index (χ3v) is 6.04. The molecule has 0 aliphatic carbocycles. The van der Waals surface area contributed by atoms with Crippen molar-refractivity contribution < 1.29 is 13.9 Å². The highest BCUT2D eigenvalue weighted by Gasteiger charge is 2.42. The minimum Gasteiger partial charge on any atom is -0.494 e. The highest BCUT2D eigenvalue weighted by molar-refractivity contribution is 5.99. The second-order valence-corrected chi connectivity index (χ2v) is 8.73. The summed E-state index contributed by atoms with van der Waals surface area (Å²) in [7, 11) is 3.93. The molecule has 168 valence electrons. The summed E-state index contributed by atoms with van der Waals surface area (Å²) in [4.78, 5) is 30.8. The van der Waals surface area contributed by atoms with Gasteiger partial charge in [0.25, 0.3) is 5.91 Å². The largest absolute Gasteiger partial charge is 0.494 e. The van der Waals surface area contributed by atoms with Crippen LogP contribution in [-0.4, -0.2) is 49.5 Å². The van der Waals surface area contributed by atoms with Crippen molar-refractivity contribution in [2.45, 2.75) is 33.2 Å². The van der Waals surface area contributed by atoms with Gasteiger partial charge in [0, 0.05) is 13.1 Å². The maximum Gasteiger partial charge on any atom is 0.290 e. The summed E-state index contributed by atoms with van der Waals surface area (Å²) in [5, 5.41) is 0.516. The molecule has 0 fully saturated rings. The van der Waals surface area contributed by atoms with Crippen LogP contribution < -0.4 is 10.2 Å². The van der Waals surface area contributed by atoms with Gasteiger partial charge in [-0.05, 0) is 75.3 Å². The molecule has 2 heterocycles. The molecule has 4 rings (SSSR count). The Morgan fingerprint density at radius 2 is 1.75 bits per heavy atom. The van der Waals surface area contributed by atoms with Crippen LogP contribution in [0.5, 0.6) is 5.75 Å². The van der Waals surface area contributed by atoms with Crippen molar-refractivity contribution in [1.29, 1.82) is 0 Å². The van der Waals surface area contributed by atoms with Gasteiger partial charge in [0.1, 0.15) is 11.3 Å². The number of hydrogen-bond acceptors (Lipinski definition) is 5. The van der Waals surface area contributed by atoms with Crippen molar-refractivity contribution in [3.05, 3.63) is 74.6 Å². The summed E-state index contributed by atoms with van der Waals surface area (Å²) < 4.78 is 11.8. The number of fused-ring (bicyclic) bond motifs is 2. The van der Waals surface area contributed by atoms with Gasteiger partial charge in [-0.2, -0.15) is 0 Å². The van der Waals surface area contributed by atoms with Gasteiger partial charge in [0.2, 0.25) is 5.76 Å². The van der Waals surface area contributed by atoms with Gasteiger partial charge in [-0.25, -0.2) is 0 Å². The Morgan fingerprint density at radius 1 is 1.06 bits per heavy atom. The van der Waals surface area contributed by atoms with Crippen LogP contribution in [0.3, 0.4) is 0 Å². The van der Waals surface area contributed by atoms with Crippen LogP contribution in [0.2, 0.25) is 0 Å². The predicted octanol–water partition coefficient (Wildman–Crippen LogP) is 4.31. The summed E-state index contributed by atoms with van der Waals surface area (Å²) >= 11 is 0. The number of carbonyl (C=O) groups is 1. The van der Waals surface area contributed by atoms with Gasteiger partial charge in [-0.3, -0.25) is 9.59 Å². The van der Waals surface area contributed by atoms with Crippen LogP contribution in [0.15, 0.2) is 45.6 Å². The second kappa shape index (κ2) is 8.79. The molecule has 1 aliphatic heterocycles. The molecular formula is C26H30N2O4. The van der Waals surface area contributed by atoms with Crippen LogP contribution in [0.4, 0.5) is 0 Å². The molecule has 1 atom stereocenters. The molecule has 0 spiro atoms. The summed E-state index contributed by atoms with van der Waals surface area (Å²) in [5.41, 5.74) is 3.66. The molecule has 3 aromatic rings. The number of carbonyl (C=O) groups excluding carboxylic acids is 1. The topological polar surface area (TPSA) is 63.0 Å². The Labute approximate surface area is 188 Å².